The lowest BCUT2D eigenvalue weighted by Gasteiger charge is -2.22. The van der Waals surface area contributed by atoms with E-state index in [4.69, 9.17) is 4.74 Å². The minimum absolute atomic E-state index is 0.0257. The van der Waals surface area contributed by atoms with Gasteiger partial charge in [0.15, 0.2) is 5.12 Å². The molecule has 0 radical (unpaired) electrons. The number of thioether (sulfide) groups is 1. The lowest BCUT2D eigenvalue weighted by atomic mass is 10.1. The zero-order valence-electron chi connectivity index (χ0n) is 12.1. The summed E-state index contributed by atoms with van der Waals surface area (Å²) in [5, 5.41) is -0.0257. The van der Waals surface area contributed by atoms with Crippen molar-refractivity contribution < 1.29 is 14.3 Å². The summed E-state index contributed by atoms with van der Waals surface area (Å²) in [7, 11) is 0. The van der Waals surface area contributed by atoms with Crippen LogP contribution in [0.4, 0.5) is 0 Å². The molecule has 1 aromatic rings. The SMILES string of the molecule is C/C=C/[C@@](C)(SC(=O)CC)C(=O)OCc1ccccc1. The Morgan fingerprint density at radius 3 is 2.50 bits per heavy atom. The monoisotopic (exact) mass is 292 g/mol. The van der Waals surface area contributed by atoms with Gasteiger partial charge in [-0.1, -0.05) is 61.2 Å². The highest BCUT2D eigenvalue weighted by molar-refractivity contribution is 8.15. The first kappa shape index (κ1) is 16.5. The Hall–Kier alpha value is -1.55. The van der Waals surface area contributed by atoms with Crippen molar-refractivity contribution in [3.63, 3.8) is 0 Å². The third kappa shape index (κ3) is 4.85. The smallest absolute Gasteiger partial charge is 0.326 e. The fourth-order valence-electron chi connectivity index (χ4n) is 1.64. The van der Waals surface area contributed by atoms with Gasteiger partial charge in [-0.3, -0.25) is 9.59 Å². The molecule has 4 heteroatoms. The number of rotatable bonds is 6. The maximum Gasteiger partial charge on any atom is 0.326 e. The standard InChI is InChI=1S/C16H20O3S/c1-4-11-16(3,20-14(17)5-2)15(18)19-12-13-9-7-6-8-10-13/h4,6-11H,5,12H2,1-3H3/b11-4+/t16-/m1/s1. The van der Waals surface area contributed by atoms with Crippen LogP contribution in [0.25, 0.3) is 0 Å². The fraction of sp³-hybridized carbons (Fsp3) is 0.375. The van der Waals surface area contributed by atoms with Gasteiger partial charge in [-0.15, -0.1) is 0 Å². The van der Waals surface area contributed by atoms with Crippen LogP contribution in [0.1, 0.15) is 32.8 Å². The summed E-state index contributed by atoms with van der Waals surface area (Å²) in [5.41, 5.74) is 0.926. The van der Waals surface area contributed by atoms with Crippen LogP contribution in [0.2, 0.25) is 0 Å². The van der Waals surface area contributed by atoms with Gasteiger partial charge in [-0.2, -0.15) is 0 Å². The van der Waals surface area contributed by atoms with E-state index in [2.05, 4.69) is 0 Å². The van der Waals surface area contributed by atoms with Crippen LogP contribution in [-0.2, 0) is 20.9 Å². The number of hydrogen-bond donors (Lipinski definition) is 0. The molecule has 0 aliphatic rings. The molecule has 0 heterocycles. The highest BCUT2D eigenvalue weighted by Crippen LogP contribution is 2.30. The van der Waals surface area contributed by atoms with Gasteiger partial charge in [0, 0.05) is 6.42 Å². The maximum atomic E-state index is 12.2. The van der Waals surface area contributed by atoms with Crippen LogP contribution < -0.4 is 0 Å². The van der Waals surface area contributed by atoms with E-state index in [0.717, 1.165) is 17.3 Å². The predicted molar refractivity (Wildman–Crippen MR) is 82.3 cm³/mol. The van der Waals surface area contributed by atoms with Gasteiger partial charge in [0.05, 0.1) is 0 Å². The van der Waals surface area contributed by atoms with Gasteiger partial charge in [0.2, 0.25) is 0 Å². The summed E-state index contributed by atoms with van der Waals surface area (Å²) in [4.78, 5) is 23.8. The molecule has 0 amide bonds. The number of esters is 1. The van der Waals surface area contributed by atoms with E-state index in [1.807, 2.05) is 37.3 Å². The second-order valence-electron chi connectivity index (χ2n) is 4.50. The average Bonchev–Trinajstić information content (AvgIpc) is 2.45. The molecule has 0 unspecified atom stereocenters. The van der Waals surface area contributed by atoms with Crippen molar-refractivity contribution in [3.05, 3.63) is 48.0 Å². The number of hydrogen-bond acceptors (Lipinski definition) is 4. The Balaban J connectivity index is 2.71. The molecule has 1 atom stereocenters. The number of benzene rings is 1. The molecule has 108 valence electrons. The molecular formula is C16H20O3S. The molecule has 0 aromatic heterocycles. The van der Waals surface area contributed by atoms with Gasteiger partial charge in [-0.05, 0) is 19.4 Å². The van der Waals surface area contributed by atoms with Crippen LogP contribution in [0.3, 0.4) is 0 Å². The molecule has 0 aliphatic heterocycles. The Bertz CT molecular complexity index is 482. The van der Waals surface area contributed by atoms with Crippen LogP contribution in [-0.4, -0.2) is 15.8 Å². The Morgan fingerprint density at radius 1 is 1.30 bits per heavy atom. The molecule has 3 nitrogen and oxygen atoms in total. The van der Waals surface area contributed by atoms with E-state index < -0.39 is 10.7 Å². The summed E-state index contributed by atoms with van der Waals surface area (Å²) < 4.78 is 4.37. The third-order valence-electron chi connectivity index (χ3n) is 2.72. The summed E-state index contributed by atoms with van der Waals surface area (Å²) in [5.74, 6) is -0.397. The van der Waals surface area contributed by atoms with Crippen molar-refractivity contribution in [1.82, 2.24) is 0 Å². The lowest BCUT2D eigenvalue weighted by molar-refractivity contribution is -0.146. The molecule has 0 fully saturated rings. The topological polar surface area (TPSA) is 43.4 Å². The molecule has 0 saturated heterocycles. The largest absolute Gasteiger partial charge is 0.460 e. The molecule has 0 N–H and O–H groups in total. The maximum absolute atomic E-state index is 12.2. The first-order valence-electron chi connectivity index (χ1n) is 6.58. The van der Waals surface area contributed by atoms with Gasteiger partial charge in [0.25, 0.3) is 0 Å². The Morgan fingerprint density at radius 2 is 1.95 bits per heavy atom. The average molecular weight is 292 g/mol. The predicted octanol–water partition coefficient (Wildman–Crippen LogP) is 3.73. The van der Waals surface area contributed by atoms with Gasteiger partial charge in [0.1, 0.15) is 11.4 Å². The zero-order valence-corrected chi connectivity index (χ0v) is 12.9. The van der Waals surface area contributed by atoms with Crippen LogP contribution in [0, 0.1) is 0 Å². The molecule has 1 aromatic carbocycles. The quantitative estimate of drug-likeness (QED) is 0.592. The van der Waals surface area contributed by atoms with Crippen molar-refractivity contribution in [1.29, 1.82) is 0 Å². The zero-order chi connectivity index (χ0) is 15.0. The van der Waals surface area contributed by atoms with E-state index in [-0.39, 0.29) is 11.7 Å². The second kappa shape index (κ2) is 7.90. The van der Waals surface area contributed by atoms with Crippen LogP contribution in [0.15, 0.2) is 42.5 Å². The minimum Gasteiger partial charge on any atom is -0.460 e. The molecule has 1 rings (SSSR count). The summed E-state index contributed by atoms with van der Waals surface area (Å²) in [6, 6.07) is 9.48. The number of carbonyl (C=O) groups excluding carboxylic acids is 2. The Kier molecular flexibility index (Phi) is 6.52. The molecule has 0 saturated carbocycles. The van der Waals surface area contributed by atoms with E-state index in [1.165, 1.54) is 0 Å². The van der Waals surface area contributed by atoms with E-state index in [0.29, 0.717) is 6.42 Å². The van der Waals surface area contributed by atoms with Crippen LogP contribution >= 0.6 is 11.8 Å². The molecule has 20 heavy (non-hydrogen) atoms. The summed E-state index contributed by atoms with van der Waals surface area (Å²) in [6.07, 6.45) is 3.86. The highest BCUT2D eigenvalue weighted by Gasteiger charge is 2.35. The minimum atomic E-state index is -0.962. The van der Waals surface area contributed by atoms with E-state index in [1.54, 1.807) is 26.0 Å². The second-order valence-corrected chi connectivity index (χ2v) is 6.00. The fourth-order valence-corrected chi connectivity index (χ4v) is 2.60. The molecule has 0 aliphatic carbocycles. The number of ether oxygens (including phenoxy) is 1. The molecule has 0 spiro atoms. The molecular weight excluding hydrogens is 272 g/mol. The van der Waals surface area contributed by atoms with E-state index >= 15 is 0 Å². The van der Waals surface area contributed by atoms with Gasteiger partial charge in [-0.25, -0.2) is 0 Å². The van der Waals surface area contributed by atoms with Crippen molar-refractivity contribution in [2.45, 2.75) is 38.5 Å². The summed E-state index contributed by atoms with van der Waals surface area (Å²) in [6.45, 7) is 5.52. The van der Waals surface area contributed by atoms with Crippen molar-refractivity contribution in [3.8, 4) is 0 Å². The Labute approximate surface area is 124 Å². The van der Waals surface area contributed by atoms with Crippen LogP contribution in [0.5, 0.6) is 0 Å². The first-order valence-corrected chi connectivity index (χ1v) is 7.40. The first-order chi connectivity index (χ1) is 9.51. The van der Waals surface area contributed by atoms with Crippen molar-refractivity contribution in [2.24, 2.45) is 0 Å². The number of carbonyl (C=O) groups is 2. The normalized spacial score (nSPS) is 13.9. The highest BCUT2D eigenvalue weighted by atomic mass is 32.2. The summed E-state index contributed by atoms with van der Waals surface area (Å²) >= 11 is 1.01. The lowest BCUT2D eigenvalue weighted by Crippen LogP contribution is -2.32. The third-order valence-corrected chi connectivity index (χ3v) is 3.96. The van der Waals surface area contributed by atoms with Gasteiger partial charge >= 0.3 is 5.97 Å². The van der Waals surface area contributed by atoms with Crippen molar-refractivity contribution >= 4 is 22.8 Å². The van der Waals surface area contributed by atoms with E-state index in [9.17, 15) is 9.59 Å². The van der Waals surface area contributed by atoms with Crippen molar-refractivity contribution in [2.75, 3.05) is 0 Å². The molecule has 0 bridgehead atoms. The van der Waals surface area contributed by atoms with Gasteiger partial charge < -0.3 is 4.74 Å². The number of allylic oxidation sites excluding steroid dienone is 1.